The van der Waals surface area contributed by atoms with Gasteiger partial charge in [-0.05, 0) is 102 Å². The fourth-order valence-corrected chi connectivity index (χ4v) is 13.1. The van der Waals surface area contributed by atoms with Gasteiger partial charge < -0.3 is 0 Å². The predicted molar refractivity (Wildman–Crippen MR) is 201 cm³/mol. The molecule has 0 saturated carbocycles. The van der Waals surface area contributed by atoms with Gasteiger partial charge in [-0.1, -0.05) is 145 Å². The van der Waals surface area contributed by atoms with Gasteiger partial charge in [-0.25, -0.2) is 12.2 Å². The van der Waals surface area contributed by atoms with Crippen molar-refractivity contribution in [2.75, 3.05) is 0 Å². The largest absolute Gasteiger partial charge is 1.00 e. The molecule has 1 unspecified atom stereocenters. The smallest absolute Gasteiger partial charge is 0.219 e. The zero-order chi connectivity index (χ0) is 30.7. The van der Waals surface area contributed by atoms with Crippen LogP contribution in [0.5, 0.6) is 0 Å². The molecule has 0 N–H and O–H groups in total. The Bertz CT molecular complexity index is 1770. The standard InChI is InChI=1S/C44H41P2.Ru/c1-5-19-35(20-6-1)45(36-21-7-2-8-22-36)41-31-29-33-17-13-15-27-39(33)43(41)44-40-28-16-14-18-34(40)30-32-42(44)46(37-23-9-3-10-24-37)38-25-11-4-12-26-38;/h1-12,19-26,29-32,43H,13-18,27-28H2;/q-1;+1. The zero-order valence-corrected chi connectivity index (χ0v) is 30.4. The molecule has 5 aromatic carbocycles. The number of fused-ring (bicyclic) bond motifs is 1. The summed E-state index contributed by atoms with van der Waals surface area (Å²) in [6, 6.07) is 50.6. The Kier molecular flexibility index (Phi) is 10.4. The number of hydrogen-bond acceptors (Lipinski definition) is 0. The molecular formula is C44H41P2Ru. The van der Waals surface area contributed by atoms with E-state index in [9.17, 15) is 0 Å². The summed E-state index contributed by atoms with van der Waals surface area (Å²) in [7, 11) is -1.45. The van der Waals surface area contributed by atoms with Crippen LogP contribution in [0.4, 0.5) is 0 Å². The van der Waals surface area contributed by atoms with Gasteiger partial charge in [0.15, 0.2) is 0 Å². The van der Waals surface area contributed by atoms with Crippen molar-refractivity contribution in [1.82, 2.24) is 0 Å². The van der Waals surface area contributed by atoms with E-state index < -0.39 is 15.8 Å². The SMILES string of the molecule is C1=C[C-](P(c2ccccc2)c2ccccc2)C(c2c(P(c3ccccc3)c3ccccc3)ccc3c2CCCC3)C2=C1CCCC2.[Ru+]. The molecule has 0 fully saturated rings. The topological polar surface area (TPSA) is 0 Å². The summed E-state index contributed by atoms with van der Waals surface area (Å²) in [5, 5.41) is 7.36. The van der Waals surface area contributed by atoms with E-state index in [0.29, 0.717) is 5.92 Å². The van der Waals surface area contributed by atoms with E-state index in [2.05, 4.69) is 146 Å². The van der Waals surface area contributed by atoms with Gasteiger partial charge in [0.05, 0.1) is 0 Å². The monoisotopic (exact) mass is 733 g/mol. The first-order valence-corrected chi connectivity index (χ1v) is 19.8. The van der Waals surface area contributed by atoms with Crippen molar-refractivity contribution in [3.05, 3.63) is 179 Å². The van der Waals surface area contributed by atoms with Crippen LogP contribution in [-0.4, -0.2) is 0 Å². The molecule has 0 nitrogen and oxygen atoms in total. The molecule has 235 valence electrons. The first kappa shape index (κ1) is 32.5. The first-order valence-electron chi connectivity index (χ1n) is 17.1. The molecule has 8 rings (SSSR count). The van der Waals surface area contributed by atoms with Crippen molar-refractivity contribution in [2.24, 2.45) is 0 Å². The average Bonchev–Trinajstić information content (AvgIpc) is 3.14. The maximum absolute atomic E-state index is 2.58. The van der Waals surface area contributed by atoms with E-state index in [1.807, 2.05) is 0 Å². The molecule has 3 aliphatic carbocycles. The van der Waals surface area contributed by atoms with Crippen molar-refractivity contribution < 1.29 is 19.5 Å². The Morgan fingerprint density at radius 2 is 1.02 bits per heavy atom. The minimum atomic E-state index is -0.731. The molecule has 3 aliphatic rings. The molecule has 0 aliphatic heterocycles. The molecule has 0 saturated heterocycles. The summed E-state index contributed by atoms with van der Waals surface area (Å²) in [5.74, 6) is 0.312. The molecule has 0 heterocycles. The van der Waals surface area contributed by atoms with Gasteiger partial charge in [-0.15, -0.1) is 13.5 Å². The number of allylic oxidation sites excluding steroid dienone is 4. The molecule has 5 aromatic rings. The van der Waals surface area contributed by atoms with Crippen LogP contribution >= 0.6 is 15.8 Å². The second-order valence-corrected chi connectivity index (χ2v) is 17.2. The molecular weight excluding hydrogens is 692 g/mol. The van der Waals surface area contributed by atoms with Crippen LogP contribution in [-0.2, 0) is 32.3 Å². The number of hydrogen-bond donors (Lipinski definition) is 0. The Hall–Kier alpha value is -3.07. The van der Waals surface area contributed by atoms with Crippen LogP contribution in [0.15, 0.2) is 157 Å². The first-order chi connectivity index (χ1) is 22.9. The zero-order valence-electron chi connectivity index (χ0n) is 26.8. The Labute approximate surface area is 296 Å². The van der Waals surface area contributed by atoms with Crippen LogP contribution in [0.25, 0.3) is 0 Å². The van der Waals surface area contributed by atoms with Crippen LogP contribution in [0, 0.1) is 5.66 Å². The fraction of sp³-hybridized carbons (Fsp3) is 0.205. The van der Waals surface area contributed by atoms with E-state index >= 15 is 0 Å². The summed E-state index contributed by atoms with van der Waals surface area (Å²) in [4.78, 5) is 0. The van der Waals surface area contributed by atoms with Crippen LogP contribution in [0.3, 0.4) is 0 Å². The molecule has 0 aromatic heterocycles. The van der Waals surface area contributed by atoms with Crippen LogP contribution < -0.4 is 26.5 Å². The summed E-state index contributed by atoms with van der Waals surface area (Å²) >= 11 is 0. The maximum Gasteiger partial charge on any atom is 1.00 e. The third-order valence-electron chi connectivity index (χ3n) is 10.1. The van der Waals surface area contributed by atoms with Gasteiger partial charge in [0, 0.05) is 0 Å². The van der Waals surface area contributed by atoms with Crippen molar-refractivity contribution >= 4 is 42.4 Å². The summed E-state index contributed by atoms with van der Waals surface area (Å²) in [5.41, 5.74) is 9.85. The summed E-state index contributed by atoms with van der Waals surface area (Å²) < 4.78 is 0. The normalized spacial score (nSPS) is 17.3. The predicted octanol–water partition coefficient (Wildman–Crippen LogP) is 9.51. The second kappa shape index (κ2) is 15.0. The summed E-state index contributed by atoms with van der Waals surface area (Å²) in [6.07, 6.45) is 15.1. The van der Waals surface area contributed by atoms with Gasteiger partial charge in [0.1, 0.15) is 0 Å². The molecule has 0 amide bonds. The van der Waals surface area contributed by atoms with Crippen molar-refractivity contribution in [3.63, 3.8) is 0 Å². The van der Waals surface area contributed by atoms with E-state index in [1.54, 1.807) is 38.8 Å². The summed E-state index contributed by atoms with van der Waals surface area (Å²) in [6.45, 7) is 0. The van der Waals surface area contributed by atoms with Crippen molar-refractivity contribution in [3.8, 4) is 0 Å². The van der Waals surface area contributed by atoms with Gasteiger partial charge in [-0.3, -0.25) is 0 Å². The Morgan fingerprint density at radius 3 is 1.62 bits per heavy atom. The Balaban J connectivity index is 0.00000351. The van der Waals surface area contributed by atoms with Gasteiger partial charge >= 0.3 is 19.5 Å². The van der Waals surface area contributed by atoms with Crippen molar-refractivity contribution in [1.29, 1.82) is 0 Å². The average molecular weight is 733 g/mol. The third-order valence-corrected chi connectivity index (χ3v) is 15.1. The molecule has 3 heteroatoms. The van der Waals surface area contributed by atoms with Gasteiger partial charge in [-0.2, -0.15) is 5.66 Å². The van der Waals surface area contributed by atoms with Crippen LogP contribution in [0.2, 0.25) is 0 Å². The van der Waals surface area contributed by atoms with Crippen molar-refractivity contribution in [2.45, 2.75) is 57.3 Å². The van der Waals surface area contributed by atoms with Crippen LogP contribution in [0.1, 0.15) is 61.1 Å². The molecule has 0 spiro atoms. The van der Waals surface area contributed by atoms with E-state index in [4.69, 9.17) is 0 Å². The van der Waals surface area contributed by atoms with E-state index in [1.165, 1.54) is 72.6 Å². The quantitative estimate of drug-likeness (QED) is 0.0889. The number of rotatable bonds is 7. The maximum atomic E-state index is 2.58. The number of aryl methyl sites for hydroxylation is 1. The third kappa shape index (κ3) is 6.53. The molecule has 47 heavy (non-hydrogen) atoms. The minimum Gasteiger partial charge on any atom is -0.219 e. The second-order valence-electron chi connectivity index (χ2n) is 12.8. The number of benzene rings is 5. The molecule has 1 atom stereocenters. The fourth-order valence-electron chi connectivity index (χ4n) is 8.00. The Morgan fingerprint density at radius 1 is 0.511 bits per heavy atom. The van der Waals surface area contributed by atoms with Gasteiger partial charge in [0.25, 0.3) is 0 Å². The minimum absolute atomic E-state index is 0. The molecule has 0 bridgehead atoms. The van der Waals surface area contributed by atoms with E-state index in [-0.39, 0.29) is 19.5 Å². The van der Waals surface area contributed by atoms with Gasteiger partial charge in [0.2, 0.25) is 0 Å². The molecule has 1 radical (unpaired) electrons. The van der Waals surface area contributed by atoms with E-state index in [0.717, 1.165) is 0 Å².